The van der Waals surface area contributed by atoms with E-state index in [0.29, 0.717) is 12.1 Å². The summed E-state index contributed by atoms with van der Waals surface area (Å²) in [4.78, 5) is 4.53. The van der Waals surface area contributed by atoms with Crippen LogP contribution in [0.4, 0.5) is 0 Å². The van der Waals surface area contributed by atoms with Gasteiger partial charge in [0.1, 0.15) is 0 Å². The highest BCUT2D eigenvalue weighted by atomic mass is 15.1. The normalized spacial score (nSPS) is 14.7. The van der Waals surface area contributed by atoms with Crippen molar-refractivity contribution in [2.75, 3.05) is 6.54 Å². The molecule has 0 spiro atoms. The van der Waals surface area contributed by atoms with E-state index in [2.05, 4.69) is 59.9 Å². The molecule has 2 unspecified atom stereocenters. The summed E-state index contributed by atoms with van der Waals surface area (Å²) < 4.78 is 2.35. The predicted molar refractivity (Wildman–Crippen MR) is 81.4 cm³/mol. The van der Waals surface area contributed by atoms with Gasteiger partial charge in [0.2, 0.25) is 0 Å². The first-order chi connectivity index (χ1) is 9.31. The standard InChI is InChI=1S/C16H25N3/c1-4-9-13(17-6-3)15(5-2)19-12-18-14-10-7-8-11-16(14)19/h7-8,10-13,15,17H,4-6,9H2,1-3H3. The highest BCUT2D eigenvalue weighted by Gasteiger charge is 2.21. The molecule has 0 aliphatic heterocycles. The maximum atomic E-state index is 4.53. The molecule has 1 aromatic heterocycles. The van der Waals surface area contributed by atoms with Crippen molar-refractivity contribution in [2.45, 2.75) is 52.1 Å². The first-order valence-corrected chi connectivity index (χ1v) is 7.46. The molecule has 0 saturated carbocycles. The van der Waals surface area contributed by atoms with Gasteiger partial charge in [0.25, 0.3) is 0 Å². The fourth-order valence-electron chi connectivity index (χ4n) is 2.92. The molecule has 0 amide bonds. The number of imidazole rings is 1. The molecule has 2 aromatic rings. The smallest absolute Gasteiger partial charge is 0.0961 e. The molecule has 1 aromatic carbocycles. The minimum atomic E-state index is 0.479. The molecule has 0 radical (unpaired) electrons. The second-order valence-corrected chi connectivity index (χ2v) is 5.07. The van der Waals surface area contributed by atoms with Crippen LogP contribution in [0.2, 0.25) is 0 Å². The Labute approximate surface area is 116 Å². The van der Waals surface area contributed by atoms with Crippen LogP contribution in [0.5, 0.6) is 0 Å². The topological polar surface area (TPSA) is 29.9 Å². The second kappa shape index (κ2) is 6.71. The number of benzene rings is 1. The highest BCUT2D eigenvalue weighted by Crippen LogP contribution is 2.24. The molecule has 0 fully saturated rings. The molecular formula is C16H25N3. The predicted octanol–water partition coefficient (Wildman–Crippen LogP) is 3.77. The summed E-state index contributed by atoms with van der Waals surface area (Å²) >= 11 is 0. The Morgan fingerprint density at radius 1 is 1.21 bits per heavy atom. The van der Waals surface area contributed by atoms with Gasteiger partial charge in [0, 0.05) is 6.04 Å². The third kappa shape index (κ3) is 2.98. The Kier molecular flexibility index (Phi) is 4.97. The maximum absolute atomic E-state index is 4.53. The number of aromatic nitrogens is 2. The van der Waals surface area contributed by atoms with Gasteiger partial charge >= 0.3 is 0 Å². The molecule has 0 bridgehead atoms. The van der Waals surface area contributed by atoms with Gasteiger partial charge in [0.05, 0.1) is 23.4 Å². The molecule has 0 aliphatic carbocycles. The van der Waals surface area contributed by atoms with Gasteiger partial charge in [0.15, 0.2) is 0 Å². The van der Waals surface area contributed by atoms with Crippen LogP contribution in [0.25, 0.3) is 11.0 Å². The molecule has 2 atom stereocenters. The summed E-state index contributed by atoms with van der Waals surface area (Å²) in [7, 11) is 0. The SMILES string of the molecule is CCCC(NCC)C(CC)n1cnc2ccccc21. The van der Waals surface area contributed by atoms with Gasteiger partial charge in [-0.05, 0) is 31.5 Å². The summed E-state index contributed by atoms with van der Waals surface area (Å²) in [5.74, 6) is 0. The number of para-hydroxylation sites is 2. The van der Waals surface area contributed by atoms with E-state index in [1.807, 2.05) is 6.33 Å². The Morgan fingerprint density at radius 3 is 2.68 bits per heavy atom. The van der Waals surface area contributed by atoms with Crippen LogP contribution < -0.4 is 5.32 Å². The van der Waals surface area contributed by atoms with Crippen molar-refractivity contribution >= 4 is 11.0 Å². The van der Waals surface area contributed by atoms with Crippen molar-refractivity contribution in [2.24, 2.45) is 0 Å². The monoisotopic (exact) mass is 259 g/mol. The van der Waals surface area contributed by atoms with E-state index >= 15 is 0 Å². The fraction of sp³-hybridized carbons (Fsp3) is 0.562. The largest absolute Gasteiger partial charge is 0.326 e. The van der Waals surface area contributed by atoms with Crippen LogP contribution in [-0.4, -0.2) is 22.1 Å². The lowest BCUT2D eigenvalue weighted by molar-refractivity contribution is 0.330. The molecule has 0 aliphatic rings. The summed E-state index contributed by atoms with van der Waals surface area (Å²) in [6.07, 6.45) is 5.54. The molecular weight excluding hydrogens is 234 g/mol. The van der Waals surface area contributed by atoms with Crippen LogP contribution in [0.1, 0.15) is 46.1 Å². The van der Waals surface area contributed by atoms with Gasteiger partial charge in [-0.15, -0.1) is 0 Å². The number of likely N-dealkylation sites (N-methyl/N-ethyl adjacent to an activating group) is 1. The van der Waals surface area contributed by atoms with E-state index in [0.717, 1.165) is 18.5 Å². The molecule has 3 nitrogen and oxygen atoms in total. The van der Waals surface area contributed by atoms with Gasteiger partial charge in [-0.3, -0.25) is 0 Å². The average molecular weight is 259 g/mol. The Hall–Kier alpha value is -1.35. The summed E-state index contributed by atoms with van der Waals surface area (Å²) in [6, 6.07) is 9.40. The van der Waals surface area contributed by atoms with Gasteiger partial charge < -0.3 is 9.88 Å². The maximum Gasteiger partial charge on any atom is 0.0961 e. The molecule has 19 heavy (non-hydrogen) atoms. The van der Waals surface area contributed by atoms with Crippen molar-refractivity contribution < 1.29 is 0 Å². The molecule has 104 valence electrons. The van der Waals surface area contributed by atoms with Crippen LogP contribution in [0.3, 0.4) is 0 Å². The lowest BCUT2D eigenvalue weighted by atomic mass is 10.0. The van der Waals surface area contributed by atoms with Crippen molar-refractivity contribution in [3.05, 3.63) is 30.6 Å². The lowest BCUT2D eigenvalue weighted by Gasteiger charge is -2.28. The lowest BCUT2D eigenvalue weighted by Crippen LogP contribution is -2.37. The average Bonchev–Trinajstić information content (AvgIpc) is 2.84. The van der Waals surface area contributed by atoms with E-state index in [4.69, 9.17) is 0 Å². The van der Waals surface area contributed by atoms with Crippen molar-refractivity contribution in [3.8, 4) is 0 Å². The van der Waals surface area contributed by atoms with Crippen LogP contribution in [0, 0.1) is 0 Å². The summed E-state index contributed by atoms with van der Waals surface area (Å²) in [5, 5.41) is 3.64. The Morgan fingerprint density at radius 2 is 2.00 bits per heavy atom. The first-order valence-electron chi connectivity index (χ1n) is 7.46. The highest BCUT2D eigenvalue weighted by molar-refractivity contribution is 5.75. The van der Waals surface area contributed by atoms with Crippen molar-refractivity contribution in [1.29, 1.82) is 0 Å². The molecule has 2 rings (SSSR count). The number of nitrogens with zero attached hydrogens (tertiary/aromatic N) is 2. The molecule has 1 heterocycles. The van der Waals surface area contributed by atoms with Crippen molar-refractivity contribution in [3.63, 3.8) is 0 Å². The molecule has 3 heteroatoms. The number of fused-ring (bicyclic) bond motifs is 1. The minimum Gasteiger partial charge on any atom is -0.326 e. The van der Waals surface area contributed by atoms with Crippen LogP contribution in [-0.2, 0) is 0 Å². The number of hydrogen-bond acceptors (Lipinski definition) is 2. The summed E-state index contributed by atoms with van der Waals surface area (Å²) in [5.41, 5.74) is 2.33. The zero-order valence-corrected chi connectivity index (χ0v) is 12.3. The number of hydrogen-bond donors (Lipinski definition) is 1. The van der Waals surface area contributed by atoms with E-state index < -0.39 is 0 Å². The summed E-state index contributed by atoms with van der Waals surface area (Å²) in [6.45, 7) is 7.72. The molecule has 0 saturated heterocycles. The third-order valence-corrected chi connectivity index (χ3v) is 3.79. The molecule has 1 N–H and O–H groups in total. The zero-order valence-electron chi connectivity index (χ0n) is 12.3. The van der Waals surface area contributed by atoms with E-state index in [-0.39, 0.29) is 0 Å². The van der Waals surface area contributed by atoms with Gasteiger partial charge in [-0.2, -0.15) is 0 Å². The third-order valence-electron chi connectivity index (χ3n) is 3.79. The number of nitrogens with one attached hydrogen (secondary N) is 1. The first kappa shape index (κ1) is 14.1. The van der Waals surface area contributed by atoms with E-state index in [9.17, 15) is 0 Å². The van der Waals surface area contributed by atoms with Crippen LogP contribution in [0.15, 0.2) is 30.6 Å². The van der Waals surface area contributed by atoms with Gasteiger partial charge in [-0.25, -0.2) is 4.98 Å². The minimum absolute atomic E-state index is 0.479. The second-order valence-electron chi connectivity index (χ2n) is 5.07. The van der Waals surface area contributed by atoms with Crippen LogP contribution >= 0.6 is 0 Å². The Balaban J connectivity index is 2.34. The zero-order chi connectivity index (χ0) is 13.7. The Bertz CT molecular complexity index is 497. The van der Waals surface area contributed by atoms with E-state index in [1.165, 1.54) is 18.4 Å². The van der Waals surface area contributed by atoms with E-state index in [1.54, 1.807) is 0 Å². The van der Waals surface area contributed by atoms with Crippen molar-refractivity contribution in [1.82, 2.24) is 14.9 Å². The quantitative estimate of drug-likeness (QED) is 0.820. The fourth-order valence-corrected chi connectivity index (χ4v) is 2.92. The number of rotatable bonds is 7. The van der Waals surface area contributed by atoms with Gasteiger partial charge in [-0.1, -0.05) is 39.3 Å².